The number of ketones is 1. The molecule has 7 nitrogen and oxygen atoms in total. The number of hydrazine groups is 1. The van der Waals surface area contributed by atoms with Crippen LogP contribution in [0.2, 0.25) is 0 Å². The molecule has 36 heavy (non-hydrogen) atoms. The summed E-state index contributed by atoms with van der Waals surface area (Å²) < 4.78 is 31.0. The number of para-hydroxylation sites is 2. The molecule has 0 aliphatic heterocycles. The minimum Gasteiger partial charge on any atom is -0.508 e. The van der Waals surface area contributed by atoms with E-state index in [2.05, 4.69) is 5.43 Å². The van der Waals surface area contributed by atoms with Crippen LogP contribution in [0.4, 0.5) is 17.1 Å². The number of carbonyl (C=O) groups is 1. The van der Waals surface area contributed by atoms with E-state index in [0.717, 1.165) is 23.5 Å². The first-order valence-electron chi connectivity index (χ1n) is 12.0. The van der Waals surface area contributed by atoms with Crippen LogP contribution in [0.15, 0.2) is 84.9 Å². The zero-order valence-electron chi connectivity index (χ0n) is 20.5. The van der Waals surface area contributed by atoms with Gasteiger partial charge in [-0.05, 0) is 72.7 Å². The van der Waals surface area contributed by atoms with Gasteiger partial charge in [0.15, 0.2) is 0 Å². The van der Waals surface area contributed by atoms with Gasteiger partial charge < -0.3 is 5.11 Å². The predicted molar refractivity (Wildman–Crippen MR) is 142 cm³/mol. The molecule has 5 rings (SSSR count). The molecule has 2 unspecified atom stereocenters. The lowest BCUT2D eigenvalue weighted by molar-refractivity contribution is -0.128. The molecule has 2 fully saturated rings. The van der Waals surface area contributed by atoms with Crippen molar-refractivity contribution in [2.24, 2.45) is 16.7 Å². The minimum atomic E-state index is -4.08. The maximum atomic E-state index is 11.9. The second-order valence-electron chi connectivity index (χ2n) is 10.1. The second-order valence-corrected chi connectivity index (χ2v) is 11.5. The van der Waals surface area contributed by atoms with Gasteiger partial charge in [0.25, 0.3) is 10.1 Å². The molecular weight excluding hydrogens is 476 g/mol. The van der Waals surface area contributed by atoms with Crippen LogP contribution in [0.1, 0.15) is 33.1 Å². The lowest BCUT2D eigenvalue weighted by atomic mass is 9.70. The molecule has 8 heteroatoms. The Bertz CT molecular complexity index is 1260. The summed E-state index contributed by atoms with van der Waals surface area (Å²) in [5, 5.41) is 11.4. The summed E-state index contributed by atoms with van der Waals surface area (Å²) in [6.45, 7) is 3.89. The highest BCUT2D eigenvalue weighted by Gasteiger charge is 2.65. The average Bonchev–Trinajstić information content (AvgIpc) is 3.18. The Labute approximate surface area is 212 Å². The Morgan fingerprint density at radius 1 is 0.917 bits per heavy atom. The van der Waals surface area contributed by atoms with Crippen LogP contribution >= 0.6 is 0 Å². The van der Waals surface area contributed by atoms with Gasteiger partial charge in [-0.15, -0.1) is 0 Å². The average molecular weight is 509 g/mol. The van der Waals surface area contributed by atoms with Gasteiger partial charge >= 0.3 is 0 Å². The third kappa shape index (κ3) is 5.24. The van der Waals surface area contributed by atoms with E-state index in [-0.39, 0.29) is 22.9 Å². The van der Waals surface area contributed by atoms with Crippen molar-refractivity contribution in [3.63, 3.8) is 0 Å². The minimum absolute atomic E-state index is 0.0152. The Morgan fingerprint density at radius 2 is 1.44 bits per heavy atom. The van der Waals surface area contributed by atoms with Gasteiger partial charge in [0.1, 0.15) is 11.5 Å². The summed E-state index contributed by atoms with van der Waals surface area (Å²) in [5.74, 6) is 0.155. The van der Waals surface area contributed by atoms with Crippen molar-refractivity contribution in [1.29, 1.82) is 0 Å². The number of aromatic hydroxyl groups is 1. The molecule has 0 amide bonds. The maximum Gasteiger partial charge on any atom is 0.265 e. The van der Waals surface area contributed by atoms with Crippen LogP contribution in [0, 0.1) is 16.7 Å². The lowest BCUT2D eigenvalue weighted by Crippen LogP contribution is -2.42. The van der Waals surface area contributed by atoms with Crippen LogP contribution in [-0.4, -0.2) is 29.6 Å². The Balaban J connectivity index is 0.000000179. The van der Waals surface area contributed by atoms with Gasteiger partial charge in [-0.25, -0.2) is 0 Å². The molecule has 2 atom stereocenters. The van der Waals surface area contributed by atoms with Crippen LogP contribution in [0.3, 0.4) is 0 Å². The maximum absolute atomic E-state index is 11.9. The number of phenolic OH excluding ortho intramolecular Hbond substituents is 1. The highest BCUT2D eigenvalue weighted by Crippen LogP contribution is 2.64. The lowest BCUT2D eigenvalue weighted by Gasteiger charge is -2.35. The van der Waals surface area contributed by atoms with Gasteiger partial charge in [0, 0.05) is 6.42 Å². The number of Topliss-reactive ketones (excluding diaryl/α,β-unsaturated/α-hetero) is 1. The third-order valence-corrected chi connectivity index (χ3v) is 8.56. The first kappa shape index (κ1) is 25.7. The predicted octanol–water partition coefficient (Wildman–Crippen LogP) is 5.83. The number of hydrogen-bond acceptors (Lipinski definition) is 6. The summed E-state index contributed by atoms with van der Waals surface area (Å²) in [6.07, 6.45) is 1.97. The number of phenols is 1. The largest absolute Gasteiger partial charge is 0.508 e. The Kier molecular flexibility index (Phi) is 7.11. The summed E-state index contributed by atoms with van der Waals surface area (Å²) in [5.41, 5.74) is 5.22. The third-order valence-electron chi connectivity index (χ3n) is 7.70. The Hall–Kier alpha value is -3.36. The number of rotatable bonds is 6. The molecule has 0 radical (unpaired) electrons. The van der Waals surface area contributed by atoms with Crippen molar-refractivity contribution in [2.45, 2.75) is 33.1 Å². The molecule has 2 aliphatic carbocycles. The molecule has 2 bridgehead atoms. The van der Waals surface area contributed by atoms with E-state index in [4.69, 9.17) is 4.55 Å². The van der Waals surface area contributed by atoms with Gasteiger partial charge in [-0.2, -0.15) is 8.42 Å². The topological polar surface area (TPSA) is 107 Å². The Morgan fingerprint density at radius 3 is 1.86 bits per heavy atom. The molecule has 2 aliphatic rings. The van der Waals surface area contributed by atoms with Crippen LogP contribution in [0.25, 0.3) is 0 Å². The van der Waals surface area contributed by atoms with Crippen molar-refractivity contribution in [3.8, 4) is 5.75 Å². The highest BCUT2D eigenvalue weighted by molar-refractivity contribution is 7.85. The first-order chi connectivity index (χ1) is 17.0. The number of anilines is 3. The van der Waals surface area contributed by atoms with Gasteiger partial charge in [0.05, 0.1) is 28.2 Å². The fourth-order valence-corrected chi connectivity index (χ4v) is 6.82. The molecule has 3 N–H and O–H groups in total. The molecule has 0 saturated heterocycles. The summed E-state index contributed by atoms with van der Waals surface area (Å²) >= 11 is 0. The fourth-order valence-electron chi connectivity index (χ4n) is 5.52. The first-order valence-corrected chi connectivity index (χ1v) is 13.6. The van der Waals surface area contributed by atoms with Crippen molar-refractivity contribution < 1.29 is 22.9 Å². The van der Waals surface area contributed by atoms with Gasteiger partial charge in [0.2, 0.25) is 0 Å². The number of benzene rings is 3. The van der Waals surface area contributed by atoms with Crippen molar-refractivity contribution in [3.05, 3.63) is 84.9 Å². The van der Waals surface area contributed by atoms with E-state index in [1.807, 2.05) is 91.7 Å². The SMILES string of the molecule is CC1(C)C2CCC1(CS(=O)(=O)O)C(=O)C2.Oc1ccc(NN(c2ccccc2)c2ccccc2)cc1. The van der Waals surface area contributed by atoms with Crippen molar-refractivity contribution >= 4 is 33.0 Å². The summed E-state index contributed by atoms with van der Waals surface area (Å²) in [4.78, 5) is 11.9. The molecular formula is C28H32N2O5S. The summed E-state index contributed by atoms with van der Waals surface area (Å²) in [6, 6.07) is 27.2. The van der Waals surface area contributed by atoms with Crippen molar-refractivity contribution in [2.75, 3.05) is 16.2 Å². The quantitative estimate of drug-likeness (QED) is 0.219. The van der Waals surface area contributed by atoms with E-state index < -0.39 is 21.3 Å². The van der Waals surface area contributed by atoms with E-state index in [1.54, 1.807) is 12.1 Å². The molecule has 3 aromatic rings. The standard InChI is InChI=1S/C18H16N2O.C10H16O4S/c21-18-13-11-15(12-14-18)19-20(16-7-3-1-4-8-16)17-9-5-2-6-10-17;1-9(2)7-3-4-10(9,8(11)5-7)6-15(12,13)14/h1-14,19,21H;7H,3-6H2,1-2H3,(H,12,13,14). The number of carbonyl (C=O) groups excluding carboxylic acids is 1. The molecule has 2 saturated carbocycles. The normalized spacial score (nSPS) is 22.0. The number of hydrogen-bond donors (Lipinski definition) is 3. The number of fused-ring (bicyclic) bond motifs is 2. The molecule has 0 spiro atoms. The molecule has 0 aromatic heterocycles. The zero-order valence-corrected chi connectivity index (χ0v) is 21.3. The number of nitrogens with zero attached hydrogens (tertiary/aromatic N) is 1. The molecule has 190 valence electrons. The molecule has 3 aromatic carbocycles. The van der Waals surface area contributed by atoms with E-state index in [0.29, 0.717) is 12.8 Å². The number of nitrogens with one attached hydrogen (secondary N) is 1. The van der Waals surface area contributed by atoms with Crippen molar-refractivity contribution in [1.82, 2.24) is 0 Å². The van der Waals surface area contributed by atoms with E-state index >= 15 is 0 Å². The summed E-state index contributed by atoms with van der Waals surface area (Å²) in [7, 11) is -4.08. The van der Waals surface area contributed by atoms with E-state index in [1.165, 1.54) is 0 Å². The van der Waals surface area contributed by atoms with Gasteiger partial charge in [-0.1, -0.05) is 50.2 Å². The smallest absolute Gasteiger partial charge is 0.265 e. The molecule has 0 heterocycles. The van der Waals surface area contributed by atoms with Crippen LogP contribution < -0.4 is 10.4 Å². The second kappa shape index (κ2) is 9.95. The van der Waals surface area contributed by atoms with Crippen LogP contribution in [0.5, 0.6) is 5.75 Å². The van der Waals surface area contributed by atoms with Crippen LogP contribution in [-0.2, 0) is 14.9 Å². The fraction of sp³-hybridized carbons (Fsp3) is 0.321. The highest BCUT2D eigenvalue weighted by atomic mass is 32.2. The zero-order chi connectivity index (χ0) is 26.0. The van der Waals surface area contributed by atoms with Gasteiger partial charge in [-0.3, -0.25) is 19.8 Å². The monoisotopic (exact) mass is 508 g/mol. The van der Waals surface area contributed by atoms with E-state index in [9.17, 15) is 18.3 Å².